The molecule has 0 bridgehead atoms. The van der Waals surface area contributed by atoms with Crippen molar-refractivity contribution in [1.82, 2.24) is 15.5 Å². The van der Waals surface area contributed by atoms with E-state index in [2.05, 4.69) is 15.6 Å². The number of nitrogens with zero attached hydrogens (tertiary/aromatic N) is 2. The van der Waals surface area contributed by atoms with Crippen LogP contribution >= 0.6 is 24.0 Å². The molecule has 0 atom stereocenters. The Hall–Kier alpha value is -1.35. The van der Waals surface area contributed by atoms with Crippen LogP contribution in [0.3, 0.4) is 0 Å². The highest BCUT2D eigenvalue weighted by molar-refractivity contribution is 14.0. The summed E-state index contributed by atoms with van der Waals surface area (Å²) in [6, 6.07) is 7.52. The van der Waals surface area contributed by atoms with E-state index in [1.165, 1.54) is 0 Å². The molecule has 0 radical (unpaired) electrons. The summed E-state index contributed by atoms with van der Waals surface area (Å²) < 4.78 is 5.01. The van der Waals surface area contributed by atoms with E-state index in [0.717, 1.165) is 18.1 Å². The molecule has 1 rings (SSSR count). The van der Waals surface area contributed by atoms with Crippen LogP contribution in [-0.2, 0) is 11.3 Å². The van der Waals surface area contributed by atoms with Crippen LogP contribution in [0.15, 0.2) is 29.3 Å². The molecule has 1 amide bonds. The van der Waals surface area contributed by atoms with E-state index in [-0.39, 0.29) is 29.9 Å². The van der Waals surface area contributed by atoms with Gasteiger partial charge in [0.1, 0.15) is 0 Å². The maximum atomic E-state index is 11.8. The molecule has 0 aromatic heterocycles. The van der Waals surface area contributed by atoms with Crippen molar-refractivity contribution >= 4 is 35.8 Å². The highest BCUT2D eigenvalue weighted by Crippen LogP contribution is 2.07. The summed E-state index contributed by atoms with van der Waals surface area (Å²) in [5.74, 6) is 0.762. The monoisotopic (exact) mass is 434 g/mol. The molecule has 0 saturated heterocycles. The SMILES string of the molecule is CCNC(=NCc1ccc(C(=O)N(C)C)cc1)NCCOC.I. The van der Waals surface area contributed by atoms with Gasteiger partial charge in [-0.2, -0.15) is 0 Å². The van der Waals surface area contributed by atoms with E-state index in [4.69, 9.17) is 4.74 Å². The maximum absolute atomic E-state index is 11.8. The number of rotatable bonds is 7. The molecule has 23 heavy (non-hydrogen) atoms. The minimum Gasteiger partial charge on any atom is -0.383 e. The van der Waals surface area contributed by atoms with Gasteiger partial charge in [-0.25, -0.2) is 4.99 Å². The summed E-state index contributed by atoms with van der Waals surface area (Å²) >= 11 is 0. The van der Waals surface area contributed by atoms with Crippen molar-refractivity contribution in [2.24, 2.45) is 4.99 Å². The lowest BCUT2D eigenvalue weighted by atomic mass is 10.1. The lowest BCUT2D eigenvalue weighted by Gasteiger charge is -2.11. The number of amides is 1. The first-order chi connectivity index (χ1) is 10.6. The van der Waals surface area contributed by atoms with E-state index in [9.17, 15) is 4.79 Å². The van der Waals surface area contributed by atoms with Gasteiger partial charge in [0.15, 0.2) is 5.96 Å². The Kier molecular flexibility index (Phi) is 11.4. The van der Waals surface area contributed by atoms with Gasteiger partial charge in [-0.1, -0.05) is 12.1 Å². The Bertz CT molecular complexity index is 489. The van der Waals surface area contributed by atoms with Crippen LogP contribution in [-0.4, -0.2) is 57.7 Å². The zero-order chi connectivity index (χ0) is 16.4. The number of hydrogen-bond donors (Lipinski definition) is 2. The number of aliphatic imine (C=N–C) groups is 1. The largest absolute Gasteiger partial charge is 0.383 e. The summed E-state index contributed by atoms with van der Waals surface area (Å²) in [6.45, 7) is 4.72. The molecule has 0 aliphatic rings. The predicted octanol–water partition coefficient (Wildman–Crippen LogP) is 1.71. The second-order valence-corrected chi connectivity index (χ2v) is 5.01. The van der Waals surface area contributed by atoms with Crippen molar-refractivity contribution in [3.8, 4) is 0 Å². The fourth-order valence-corrected chi connectivity index (χ4v) is 1.79. The van der Waals surface area contributed by atoms with Gasteiger partial charge in [-0.05, 0) is 24.6 Å². The van der Waals surface area contributed by atoms with Crippen LogP contribution in [0.1, 0.15) is 22.8 Å². The summed E-state index contributed by atoms with van der Waals surface area (Å²) in [5, 5.41) is 6.37. The van der Waals surface area contributed by atoms with Gasteiger partial charge in [0.25, 0.3) is 5.91 Å². The standard InChI is InChI=1S/C16H26N4O2.HI/c1-5-17-16(18-10-11-22-4)19-12-13-6-8-14(9-7-13)15(21)20(2)3;/h6-9H,5,10-12H2,1-4H3,(H2,17,18,19);1H. The van der Waals surface area contributed by atoms with Gasteiger partial charge in [0.05, 0.1) is 13.2 Å². The van der Waals surface area contributed by atoms with Gasteiger partial charge < -0.3 is 20.3 Å². The Morgan fingerprint density at radius 2 is 1.87 bits per heavy atom. The zero-order valence-corrected chi connectivity index (χ0v) is 16.6. The van der Waals surface area contributed by atoms with E-state index in [1.807, 2.05) is 31.2 Å². The van der Waals surface area contributed by atoms with E-state index >= 15 is 0 Å². The number of halogens is 1. The van der Waals surface area contributed by atoms with E-state index < -0.39 is 0 Å². The predicted molar refractivity (Wildman–Crippen MR) is 105 cm³/mol. The summed E-state index contributed by atoms with van der Waals surface area (Å²) in [7, 11) is 5.16. The highest BCUT2D eigenvalue weighted by atomic mass is 127. The molecule has 0 saturated carbocycles. The molecule has 0 aliphatic carbocycles. The molecular formula is C16H27IN4O2. The van der Waals surface area contributed by atoms with Gasteiger partial charge in [0.2, 0.25) is 0 Å². The molecule has 0 unspecified atom stereocenters. The number of carbonyl (C=O) groups is 1. The van der Waals surface area contributed by atoms with Crippen molar-refractivity contribution in [3.63, 3.8) is 0 Å². The zero-order valence-electron chi connectivity index (χ0n) is 14.3. The number of carbonyl (C=O) groups excluding carboxylic acids is 1. The quantitative estimate of drug-likeness (QED) is 0.297. The van der Waals surface area contributed by atoms with E-state index in [1.54, 1.807) is 26.1 Å². The van der Waals surface area contributed by atoms with Crippen LogP contribution in [0.4, 0.5) is 0 Å². The van der Waals surface area contributed by atoms with Crippen LogP contribution < -0.4 is 10.6 Å². The van der Waals surface area contributed by atoms with Gasteiger partial charge >= 0.3 is 0 Å². The third-order valence-corrected chi connectivity index (χ3v) is 2.97. The highest BCUT2D eigenvalue weighted by Gasteiger charge is 2.07. The lowest BCUT2D eigenvalue weighted by Crippen LogP contribution is -2.38. The molecule has 0 spiro atoms. The third kappa shape index (κ3) is 8.17. The summed E-state index contributed by atoms with van der Waals surface area (Å²) in [6.07, 6.45) is 0. The minimum absolute atomic E-state index is 0. The van der Waals surface area contributed by atoms with Crippen LogP contribution in [0.2, 0.25) is 0 Å². The molecule has 6 nitrogen and oxygen atoms in total. The second-order valence-electron chi connectivity index (χ2n) is 5.01. The Morgan fingerprint density at radius 1 is 1.22 bits per heavy atom. The van der Waals surface area contributed by atoms with Crippen LogP contribution in [0.25, 0.3) is 0 Å². The van der Waals surface area contributed by atoms with Crippen molar-refractivity contribution in [3.05, 3.63) is 35.4 Å². The van der Waals surface area contributed by atoms with Gasteiger partial charge in [0, 0.05) is 39.9 Å². The Balaban J connectivity index is 0.00000484. The molecule has 1 aromatic rings. The first-order valence-electron chi connectivity index (χ1n) is 7.40. The number of methoxy groups -OCH3 is 1. The maximum Gasteiger partial charge on any atom is 0.253 e. The average molecular weight is 434 g/mol. The number of benzene rings is 1. The fraction of sp³-hybridized carbons (Fsp3) is 0.500. The van der Waals surface area contributed by atoms with Crippen molar-refractivity contribution in [1.29, 1.82) is 0 Å². The average Bonchev–Trinajstić information content (AvgIpc) is 2.52. The lowest BCUT2D eigenvalue weighted by molar-refractivity contribution is 0.0827. The molecular weight excluding hydrogens is 407 g/mol. The first-order valence-corrected chi connectivity index (χ1v) is 7.40. The molecule has 0 heterocycles. The Morgan fingerprint density at radius 3 is 2.39 bits per heavy atom. The van der Waals surface area contributed by atoms with Gasteiger partial charge in [-0.15, -0.1) is 24.0 Å². The number of ether oxygens (including phenoxy) is 1. The van der Waals surface area contributed by atoms with Crippen molar-refractivity contribution in [2.45, 2.75) is 13.5 Å². The molecule has 0 aliphatic heterocycles. The van der Waals surface area contributed by atoms with Crippen molar-refractivity contribution in [2.75, 3.05) is 40.9 Å². The molecule has 1 aromatic carbocycles. The van der Waals surface area contributed by atoms with Crippen LogP contribution in [0, 0.1) is 0 Å². The third-order valence-electron chi connectivity index (χ3n) is 2.97. The summed E-state index contributed by atoms with van der Waals surface area (Å²) in [4.78, 5) is 17.9. The summed E-state index contributed by atoms with van der Waals surface area (Å²) in [5.41, 5.74) is 1.74. The second kappa shape index (κ2) is 12.1. The normalized spacial score (nSPS) is 10.7. The number of guanidine groups is 1. The molecule has 0 fully saturated rings. The van der Waals surface area contributed by atoms with Gasteiger partial charge in [-0.3, -0.25) is 4.79 Å². The number of hydrogen-bond acceptors (Lipinski definition) is 3. The molecule has 130 valence electrons. The smallest absolute Gasteiger partial charge is 0.253 e. The Labute approximate surface area is 155 Å². The molecule has 2 N–H and O–H groups in total. The van der Waals surface area contributed by atoms with Crippen molar-refractivity contribution < 1.29 is 9.53 Å². The number of nitrogens with one attached hydrogen (secondary N) is 2. The molecule has 7 heteroatoms. The first kappa shape index (κ1) is 21.6. The fourth-order valence-electron chi connectivity index (χ4n) is 1.79. The topological polar surface area (TPSA) is 66.0 Å². The minimum atomic E-state index is 0. The van der Waals surface area contributed by atoms with Crippen LogP contribution in [0.5, 0.6) is 0 Å². The van der Waals surface area contributed by atoms with E-state index in [0.29, 0.717) is 25.3 Å².